The van der Waals surface area contributed by atoms with Gasteiger partial charge in [0, 0.05) is 16.3 Å². The second-order valence-corrected chi connectivity index (χ2v) is 4.31. The summed E-state index contributed by atoms with van der Waals surface area (Å²) in [6, 6.07) is 22.0. The van der Waals surface area contributed by atoms with Crippen LogP contribution >= 0.6 is 0 Å². The third-order valence-corrected chi connectivity index (χ3v) is 2.97. The maximum atomic E-state index is 5.60. The lowest BCUT2D eigenvalue weighted by Gasteiger charge is -1.96. The lowest BCUT2D eigenvalue weighted by molar-refractivity contribution is 0.567. The van der Waals surface area contributed by atoms with E-state index in [0.29, 0.717) is 0 Å². The van der Waals surface area contributed by atoms with Gasteiger partial charge in [-0.05, 0) is 12.1 Å². The lowest BCUT2D eigenvalue weighted by atomic mass is 10.1. The highest BCUT2D eigenvalue weighted by molar-refractivity contribution is 5.93. The van der Waals surface area contributed by atoms with Crippen molar-refractivity contribution in [1.82, 2.24) is 0 Å². The molecule has 0 atom stereocenters. The summed E-state index contributed by atoms with van der Waals surface area (Å²) >= 11 is 0. The highest BCUT2D eigenvalue weighted by Crippen LogP contribution is 2.29. The lowest BCUT2D eigenvalue weighted by Crippen LogP contribution is -1.73. The SMILES string of the molecule is c1ccc(-c2occ3ccccc23)cc1.c1ccoc1. The first kappa shape index (κ1) is 12.3. The van der Waals surface area contributed by atoms with Crippen LogP contribution in [-0.4, -0.2) is 0 Å². The van der Waals surface area contributed by atoms with E-state index in [2.05, 4.69) is 28.7 Å². The molecule has 4 aromatic rings. The van der Waals surface area contributed by atoms with Crippen LogP contribution in [0.5, 0.6) is 0 Å². The fourth-order valence-electron chi connectivity index (χ4n) is 2.03. The van der Waals surface area contributed by atoms with Gasteiger partial charge in [-0.3, -0.25) is 0 Å². The number of hydrogen-bond acceptors (Lipinski definition) is 2. The largest absolute Gasteiger partial charge is 0.473 e. The molecule has 4 rings (SSSR count). The first-order valence-electron chi connectivity index (χ1n) is 6.44. The smallest absolute Gasteiger partial charge is 0.141 e. The Morgan fingerprint density at radius 1 is 0.650 bits per heavy atom. The monoisotopic (exact) mass is 262 g/mol. The molecule has 2 aromatic heterocycles. The van der Waals surface area contributed by atoms with E-state index in [9.17, 15) is 0 Å². The van der Waals surface area contributed by atoms with Gasteiger partial charge in [-0.15, -0.1) is 0 Å². The van der Waals surface area contributed by atoms with Gasteiger partial charge in [0.1, 0.15) is 5.76 Å². The average molecular weight is 262 g/mol. The summed E-state index contributed by atoms with van der Waals surface area (Å²) in [6.07, 6.45) is 5.05. The van der Waals surface area contributed by atoms with E-state index in [1.807, 2.05) is 42.5 Å². The van der Waals surface area contributed by atoms with Crippen LogP contribution in [0.4, 0.5) is 0 Å². The molecule has 98 valence electrons. The second kappa shape index (κ2) is 5.93. The van der Waals surface area contributed by atoms with E-state index < -0.39 is 0 Å². The highest BCUT2D eigenvalue weighted by atomic mass is 16.3. The third-order valence-electron chi connectivity index (χ3n) is 2.97. The van der Waals surface area contributed by atoms with Crippen LogP contribution < -0.4 is 0 Å². The van der Waals surface area contributed by atoms with Gasteiger partial charge in [0.05, 0.1) is 18.8 Å². The second-order valence-electron chi connectivity index (χ2n) is 4.31. The van der Waals surface area contributed by atoms with Gasteiger partial charge in [-0.25, -0.2) is 0 Å². The van der Waals surface area contributed by atoms with Crippen LogP contribution in [0, 0.1) is 0 Å². The van der Waals surface area contributed by atoms with E-state index in [0.717, 1.165) is 16.7 Å². The van der Waals surface area contributed by atoms with Gasteiger partial charge in [-0.2, -0.15) is 0 Å². The minimum Gasteiger partial charge on any atom is -0.473 e. The number of furan rings is 2. The zero-order valence-corrected chi connectivity index (χ0v) is 10.9. The summed E-state index contributed by atoms with van der Waals surface area (Å²) in [5.74, 6) is 0.950. The Bertz CT molecular complexity index is 735. The number of rotatable bonds is 1. The molecule has 0 unspecified atom stereocenters. The van der Waals surface area contributed by atoms with E-state index in [1.54, 1.807) is 18.8 Å². The van der Waals surface area contributed by atoms with Gasteiger partial charge in [-0.1, -0.05) is 54.6 Å². The number of benzene rings is 2. The molecule has 0 saturated heterocycles. The molecule has 0 aliphatic carbocycles. The van der Waals surface area contributed by atoms with E-state index in [4.69, 9.17) is 4.42 Å². The highest BCUT2D eigenvalue weighted by Gasteiger charge is 2.06. The van der Waals surface area contributed by atoms with E-state index in [-0.39, 0.29) is 0 Å². The molecule has 0 amide bonds. The van der Waals surface area contributed by atoms with Crippen LogP contribution in [0.15, 0.2) is 94.4 Å². The maximum absolute atomic E-state index is 5.60. The van der Waals surface area contributed by atoms with Crippen molar-refractivity contribution in [3.8, 4) is 11.3 Å². The first-order valence-corrected chi connectivity index (χ1v) is 6.44. The molecule has 20 heavy (non-hydrogen) atoms. The topological polar surface area (TPSA) is 26.3 Å². The molecule has 0 spiro atoms. The van der Waals surface area contributed by atoms with Crippen LogP contribution in [0.25, 0.3) is 22.1 Å². The fourth-order valence-corrected chi connectivity index (χ4v) is 2.03. The van der Waals surface area contributed by atoms with Crippen molar-refractivity contribution in [1.29, 1.82) is 0 Å². The molecule has 2 heterocycles. The maximum Gasteiger partial charge on any atom is 0.141 e. The quantitative estimate of drug-likeness (QED) is 0.460. The molecule has 2 heteroatoms. The summed E-state index contributed by atoms with van der Waals surface area (Å²) < 4.78 is 10.2. The minimum atomic E-state index is 0.950. The summed E-state index contributed by atoms with van der Waals surface area (Å²) in [6.45, 7) is 0. The Labute approximate surface area is 117 Å². The normalized spacial score (nSPS) is 10.0. The van der Waals surface area contributed by atoms with Gasteiger partial charge in [0.2, 0.25) is 0 Å². The van der Waals surface area contributed by atoms with Gasteiger partial charge < -0.3 is 8.83 Å². The predicted molar refractivity (Wildman–Crippen MR) is 80.4 cm³/mol. The van der Waals surface area contributed by atoms with Crippen LogP contribution in [-0.2, 0) is 0 Å². The molecule has 2 aromatic carbocycles. The number of fused-ring (bicyclic) bond motifs is 1. The van der Waals surface area contributed by atoms with Crippen molar-refractivity contribution in [3.63, 3.8) is 0 Å². The summed E-state index contributed by atoms with van der Waals surface area (Å²) in [5, 5.41) is 2.32. The van der Waals surface area contributed by atoms with Crippen molar-refractivity contribution < 1.29 is 8.83 Å². The summed E-state index contributed by atoms with van der Waals surface area (Å²) in [7, 11) is 0. The van der Waals surface area contributed by atoms with Crippen molar-refractivity contribution in [2.45, 2.75) is 0 Å². The molecule has 0 aliphatic rings. The Morgan fingerprint density at radius 2 is 1.35 bits per heavy atom. The van der Waals surface area contributed by atoms with Gasteiger partial charge in [0.25, 0.3) is 0 Å². The summed E-state index contributed by atoms with van der Waals surface area (Å²) in [5.41, 5.74) is 1.12. The molecule has 0 radical (unpaired) electrons. The van der Waals surface area contributed by atoms with Gasteiger partial charge >= 0.3 is 0 Å². The Balaban J connectivity index is 0.000000205. The van der Waals surface area contributed by atoms with Crippen LogP contribution in [0.1, 0.15) is 0 Å². The standard InChI is InChI=1S/C14H10O.C4H4O/c1-2-6-11(7-3-1)14-13-9-5-4-8-12(13)10-15-14;1-2-4-5-3-1/h1-10H;1-4H. The number of hydrogen-bond donors (Lipinski definition) is 0. The van der Waals surface area contributed by atoms with Gasteiger partial charge in [0.15, 0.2) is 0 Å². The first-order chi connectivity index (χ1) is 9.95. The summed E-state index contributed by atoms with van der Waals surface area (Å²) in [4.78, 5) is 0. The fraction of sp³-hybridized carbons (Fsp3) is 0. The zero-order chi connectivity index (χ0) is 13.6. The van der Waals surface area contributed by atoms with Crippen molar-refractivity contribution in [2.75, 3.05) is 0 Å². The molecule has 2 nitrogen and oxygen atoms in total. The van der Waals surface area contributed by atoms with E-state index in [1.165, 1.54) is 5.39 Å². The third kappa shape index (κ3) is 2.64. The molecule has 0 saturated carbocycles. The van der Waals surface area contributed by atoms with Crippen molar-refractivity contribution in [3.05, 3.63) is 85.5 Å². The molecule has 0 fully saturated rings. The van der Waals surface area contributed by atoms with Crippen LogP contribution in [0.2, 0.25) is 0 Å². The van der Waals surface area contributed by atoms with Crippen molar-refractivity contribution in [2.24, 2.45) is 0 Å². The van der Waals surface area contributed by atoms with E-state index >= 15 is 0 Å². The van der Waals surface area contributed by atoms with Crippen LogP contribution in [0.3, 0.4) is 0 Å². The zero-order valence-electron chi connectivity index (χ0n) is 10.9. The minimum absolute atomic E-state index is 0.950. The van der Waals surface area contributed by atoms with Crippen molar-refractivity contribution >= 4 is 10.8 Å². The average Bonchev–Trinajstić information content (AvgIpc) is 3.21. The molecule has 0 N–H and O–H groups in total. The molecular formula is C18H14O2. The predicted octanol–water partition coefficient (Wildman–Crippen LogP) is 5.38. The Kier molecular flexibility index (Phi) is 3.65. The molecule has 0 aliphatic heterocycles. The molecule has 0 bridgehead atoms. The Hall–Kier alpha value is -2.74. The Morgan fingerprint density at radius 3 is 2.05 bits per heavy atom. The molecular weight excluding hydrogens is 248 g/mol.